The zero-order valence-electron chi connectivity index (χ0n) is 17.6. The van der Waals surface area contributed by atoms with Crippen LogP contribution in [0.1, 0.15) is 12.5 Å². The van der Waals surface area contributed by atoms with Crippen LogP contribution in [0.15, 0.2) is 46.6 Å². The lowest BCUT2D eigenvalue weighted by Crippen LogP contribution is -2.31. The van der Waals surface area contributed by atoms with Gasteiger partial charge in [-0.15, -0.1) is 0 Å². The number of hydrogen-bond acceptors (Lipinski definition) is 6. The molecule has 0 saturated carbocycles. The second-order valence-corrected chi connectivity index (χ2v) is 7.87. The van der Waals surface area contributed by atoms with Gasteiger partial charge in [-0.25, -0.2) is 4.79 Å². The molecular weight excluding hydrogens is 500 g/mol. The third-order valence-corrected chi connectivity index (χ3v) is 5.74. The Morgan fingerprint density at radius 2 is 1.88 bits per heavy atom. The van der Waals surface area contributed by atoms with Gasteiger partial charge in [0.05, 0.1) is 19.4 Å². The molecule has 0 spiro atoms. The normalized spacial score (nSPS) is 14.8. The van der Waals surface area contributed by atoms with Gasteiger partial charge >= 0.3 is 5.97 Å². The molecule has 0 radical (unpaired) electrons. The number of carbonyl (C=O) groups excluding carboxylic acids is 1. The SMILES string of the molecule is CCOc1ccc(N2C(=O)/C(=C/c3cc(OC)c(OCC(=O)O)cc3Br)N(C)C2=S)cc1. The average molecular weight is 521 g/mol. The van der Waals surface area contributed by atoms with E-state index in [0.717, 1.165) is 0 Å². The fourth-order valence-corrected chi connectivity index (χ4v) is 3.79. The molecule has 1 aliphatic heterocycles. The minimum atomic E-state index is -1.10. The molecule has 3 rings (SSSR count). The predicted molar refractivity (Wildman–Crippen MR) is 127 cm³/mol. The van der Waals surface area contributed by atoms with Crippen molar-refractivity contribution in [3.8, 4) is 17.2 Å². The number of nitrogens with zero attached hydrogens (tertiary/aromatic N) is 2. The first kappa shape index (κ1) is 23.6. The first-order chi connectivity index (χ1) is 15.3. The van der Waals surface area contributed by atoms with Gasteiger partial charge in [-0.05, 0) is 67.2 Å². The maximum absolute atomic E-state index is 13.2. The molecule has 2 aromatic carbocycles. The van der Waals surface area contributed by atoms with E-state index in [9.17, 15) is 9.59 Å². The number of methoxy groups -OCH3 is 1. The van der Waals surface area contributed by atoms with Gasteiger partial charge in [-0.1, -0.05) is 15.9 Å². The molecule has 1 fully saturated rings. The van der Waals surface area contributed by atoms with Crippen LogP contribution in [-0.2, 0) is 9.59 Å². The number of aliphatic carboxylic acids is 1. The molecule has 1 aliphatic rings. The van der Waals surface area contributed by atoms with Gasteiger partial charge in [0, 0.05) is 11.5 Å². The van der Waals surface area contributed by atoms with Crippen LogP contribution in [0.5, 0.6) is 17.2 Å². The zero-order valence-corrected chi connectivity index (χ0v) is 20.0. The molecule has 0 unspecified atom stereocenters. The second-order valence-electron chi connectivity index (χ2n) is 6.65. The van der Waals surface area contributed by atoms with E-state index in [4.69, 9.17) is 31.5 Å². The summed E-state index contributed by atoms with van der Waals surface area (Å²) in [6, 6.07) is 10.4. The second kappa shape index (κ2) is 10.0. The van der Waals surface area contributed by atoms with Crippen molar-refractivity contribution < 1.29 is 28.9 Å². The summed E-state index contributed by atoms with van der Waals surface area (Å²) < 4.78 is 16.6. The number of benzene rings is 2. The highest BCUT2D eigenvalue weighted by atomic mass is 79.9. The zero-order chi connectivity index (χ0) is 23.4. The summed E-state index contributed by atoms with van der Waals surface area (Å²) in [5.41, 5.74) is 1.63. The molecule has 0 aliphatic carbocycles. The molecular formula is C22H21BrN2O6S. The number of likely N-dealkylation sites (N-methyl/N-ethyl adjacent to an activating group) is 1. The first-order valence-corrected chi connectivity index (χ1v) is 10.8. The van der Waals surface area contributed by atoms with Crippen LogP contribution in [0, 0.1) is 0 Å². The standard InChI is InChI=1S/C22H21BrN2O6S/c1-4-30-15-7-5-14(6-8-15)25-21(28)17(24(2)22(25)32)9-13-10-18(29-3)19(11-16(13)23)31-12-20(26)27/h5-11H,4,12H2,1-3H3,(H,26,27)/b17-9-. The number of carboxylic acids is 1. The van der Waals surface area contributed by atoms with Crippen molar-refractivity contribution in [2.24, 2.45) is 0 Å². The third-order valence-electron chi connectivity index (χ3n) is 4.59. The molecule has 2 aromatic rings. The van der Waals surface area contributed by atoms with Crippen molar-refractivity contribution in [2.75, 3.05) is 32.3 Å². The predicted octanol–water partition coefficient (Wildman–Crippen LogP) is 3.92. The first-order valence-electron chi connectivity index (χ1n) is 9.55. The van der Waals surface area contributed by atoms with Gasteiger partial charge in [0.25, 0.3) is 5.91 Å². The number of ether oxygens (including phenoxy) is 3. The Morgan fingerprint density at radius 3 is 2.47 bits per heavy atom. The smallest absolute Gasteiger partial charge is 0.341 e. The number of carboxylic acid groups (broad SMARTS) is 1. The van der Waals surface area contributed by atoms with Crippen LogP contribution in [-0.4, -0.2) is 54.4 Å². The summed E-state index contributed by atoms with van der Waals surface area (Å²) in [6.07, 6.45) is 1.68. The molecule has 0 bridgehead atoms. The number of thiocarbonyl (C=S) groups is 1. The summed E-state index contributed by atoms with van der Waals surface area (Å²) in [5.74, 6) is -0.0738. The Kier molecular flexibility index (Phi) is 7.37. The summed E-state index contributed by atoms with van der Waals surface area (Å²) in [7, 11) is 3.17. The Labute approximate surface area is 199 Å². The van der Waals surface area contributed by atoms with Crippen molar-refractivity contribution in [1.29, 1.82) is 0 Å². The van der Waals surface area contributed by atoms with E-state index in [-0.39, 0.29) is 11.7 Å². The molecule has 0 atom stereocenters. The summed E-state index contributed by atoms with van der Waals surface area (Å²) in [6.45, 7) is 1.95. The van der Waals surface area contributed by atoms with Gasteiger partial charge in [0.2, 0.25) is 0 Å². The van der Waals surface area contributed by atoms with Crippen molar-refractivity contribution in [1.82, 2.24) is 4.90 Å². The van der Waals surface area contributed by atoms with Crippen molar-refractivity contribution in [2.45, 2.75) is 6.92 Å². The number of anilines is 1. The van der Waals surface area contributed by atoms with Gasteiger partial charge < -0.3 is 24.2 Å². The summed E-state index contributed by atoms with van der Waals surface area (Å²) >= 11 is 8.95. The number of amides is 1. The molecule has 32 heavy (non-hydrogen) atoms. The maximum atomic E-state index is 13.2. The highest BCUT2D eigenvalue weighted by Crippen LogP contribution is 2.36. The van der Waals surface area contributed by atoms with Crippen LogP contribution in [0.4, 0.5) is 5.69 Å². The highest BCUT2D eigenvalue weighted by molar-refractivity contribution is 9.10. The van der Waals surface area contributed by atoms with E-state index in [0.29, 0.717) is 44.6 Å². The minimum Gasteiger partial charge on any atom is -0.494 e. The lowest BCUT2D eigenvalue weighted by atomic mass is 10.1. The van der Waals surface area contributed by atoms with Gasteiger partial charge in [0.15, 0.2) is 23.2 Å². The molecule has 1 saturated heterocycles. The molecule has 1 amide bonds. The Balaban J connectivity index is 1.93. The van der Waals surface area contributed by atoms with E-state index >= 15 is 0 Å². The largest absolute Gasteiger partial charge is 0.494 e. The molecule has 8 nitrogen and oxygen atoms in total. The van der Waals surface area contributed by atoms with Crippen molar-refractivity contribution in [3.05, 3.63) is 52.1 Å². The Morgan fingerprint density at radius 1 is 1.19 bits per heavy atom. The lowest BCUT2D eigenvalue weighted by molar-refractivity contribution is -0.139. The van der Waals surface area contributed by atoms with E-state index < -0.39 is 12.6 Å². The quantitative estimate of drug-likeness (QED) is 0.413. The van der Waals surface area contributed by atoms with E-state index in [2.05, 4.69) is 15.9 Å². The topological polar surface area (TPSA) is 88.5 Å². The van der Waals surface area contributed by atoms with Gasteiger partial charge in [0.1, 0.15) is 11.4 Å². The number of hydrogen-bond donors (Lipinski definition) is 1. The molecule has 10 heteroatoms. The number of rotatable bonds is 8. The Bertz CT molecular complexity index is 1090. The lowest BCUT2D eigenvalue weighted by Gasteiger charge is -2.16. The van der Waals surface area contributed by atoms with Crippen molar-refractivity contribution >= 4 is 56.9 Å². The van der Waals surface area contributed by atoms with E-state index in [1.165, 1.54) is 12.0 Å². The minimum absolute atomic E-state index is 0.265. The van der Waals surface area contributed by atoms with Gasteiger partial charge in [-0.2, -0.15) is 0 Å². The monoisotopic (exact) mass is 520 g/mol. The molecule has 1 N–H and O–H groups in total. The number of carbonyl (C=O) groups is 2. The van der Waals surface area contributed by atoms with Gasteiger partial charge in [-0.3, -0.25) is 9.69 Å². The fraction of sp³-hybridized carbons (Fsp3) is 0.227. The van der Waals surface area contributed by atoms with E-state index in [1.54, 1.807) is 54.4 Å². The van der Waals surface area contributed by atoms with Crippen LogP contribution in [0.25, 0.3) is 6.08 Å². The maximum Gasteiger partial charge on any atom is 0.341 e. The molecule has 0 aromatic heterocycles. The van der Waals surface area contributed by atoms with Crippen molar-refractivity contribution in [3.63, 3.8) is 0 Å². The van der Waals surface area contributed by atoms with Crippen LogP contribution in [0.2, 0.25) is 0 Å². The fourth-order valence-electron chi connectivity index (χ4n) is 3.06. The van der Waals surface area contributed by atoms with Crippen LogP contribution >= 0.6 is 28.1 Å². The average Bonchev–Trinajstić information content (AvgIpc) is 2.97. The highest BCUT2D eigenvalue weighted by Gasteiger charge is 2.37. The Hall–Kier alpha value is -3.11. The summed E-state index contributed by atoms with van der Waals surface area (Å²) in [5, 5.41) is 9.18. The van der Waals surface area contributed by atoms with Crippen LogP contribution in [0.3, 0.4) is 0 Å². The third kappa shape index (κ3) is 4.86. The number of halogens is 1. The summed E-state index contributed by atoms with van der Waals surface area (Å²) in [4.78, 5) is 27.1. The van der Waals surface area contributed by atoms with E-state index in [1.807, 2.05) is 6.92 Å². The molecule has 168 valence electrons. The van der Waals surface area contributed by atoms with Crippen LogP contribution < -0.4 is 19.1 Å². The molecule has 1 heterocycles.